The number of nitrogens with zero attached hydrogens (tertiary/aromatic N) is 2. The van der Waals surface area contributed by atoms with Gasteiger partial charge in [0, 0.05) is 19.3 Å². The van der Waals surface area contributed by atoms with E-state index in [0.717, 1.165) is 18.8 Å². The third kappa shape index (κ3) is 2.86. The fraction of sp³-hybridized carbons (Fsp3) is 0.600. The van der Waals surface area contributed by atoms with Crippen LogP contribution in [0.3, 0.4) is 0 Å². The number of nitrogen functional groups attached to an aromatic ring is 1. The van der Waals surface area contributed by atoms with Crippen molar-refractivity contribution in [1.82, 2.24) is 4.98 Å². The number of anilines is 2. The molecule has 0 unspecified atom stereocenters. The average Bonchev–Trinajstić information content (AvgIpc) is 2.47. The van der Waals surface area contributed by atoms with Crippen LogP contribution >= 0.6 is 0 Å². The summed E-state index contributed by atoms with van der Waals surface area (Å²) in [7, 11) is 3.36. The fourth-order valence-corrected chi connectivity index (χ4v) is 2.83. The smallest absolute Gasteiger partial charge is 0.340 e. The van der Waals surface area contributed by atoms with E-state index in [-0.39, 0.29) is 0 Å². The highest BCUT2D eigenvalue weighted by Crippen LogP contribution is 2.31. The summed E-state index contributed by atoms with van der Waals surface area (Å²) in [5.74, 6) is 1.05. The van der Waals surface area contributed by atoms with Crippen LogP contribution in [0.5, 0.6) is 0 Å². The van der Waals surface area contributed by atoms with Crippen molar-refractivity contribution in [2.45, 2.75) is 38.6 Å². The largest absolute Gasteiger partial charge is 0.465 e. The summed E-state index contributed by atoms with van der Waals surface area (Å²) in [4.78, 5) is 18.1. The van der Waals surface area contributed by atoms with Crippen LogP contribution in [-0.2, 0) is 4.74 Å². The highest BCUT2D eigenvalue weighted by atomic mass is 16.5. The standard InChI is InChI=1S/C15H23N3O2/c1-10-4-6-11(7-5-10)18(2)14-13(16)12(8-9-17-14)15(19)20-3/h8-11H,4-7,16H2,1-3H3. The molecule has 0 amide bonds. The first-order valence-electron chi connectivity index (χ1n) is 7.10. The normalized spacial score (nSPS) is 22.4. The molecule has 110 valence electrons. The predicted molar refractivity (Wildman–Crippen MR) is 79.8 cm³/mol. The molecular formula is C15H23N3O2. The van der Waals surface area contributed by atoms with E-state index in [1.165, 1.54) is 20.0 Å². The number of carbonyl (C=O) groups excluding carboxylic acids is 1. The number of ether oxygens (including phenoxy) is 1. The molecule has 2 N–H and O–H groups in total. The SMILES string of the molecule is COC(=O)c1ccnc(N(C)C2CCC(C)CC2)c1N. The first-order valence-corrected chi connectivity index (χ1v) is 7.10. The van der Waals surface area contributed by atoms with Crippen LogP contribution in [-0.4, -0.2) is 31.2 Å². The molecule has 1 aliphatic carbocycles. The third-order valence-electron chi connectivity index (χ3n) is 4.24. The highest BCUT2D eigenvalue weighted by molar-refractivity contribution is 5.97. The Labute approximate surface area is 120 Å². The number of nitrogens with two attached hydrogens (primary N) is 1. The molecule has 0 spiro atoms. The average molecular weight is 277 g/mol. The molecule has 0 atom stereocenters. The van der Waals surface area contributed by atoms with Gasteiger partial charge in [-0.05, 0) is 37.7 Å². The van der Waals surface area contributed by atoms with Crippen molar-refractivity contribution >= 4 is 17.5 Å². The number of esters is 1. The maximum Gasteiger partial charge on any atom is 0.340 e. The Morgan fingerprint density at radius 1 is 1.40 bits per heavy atom. The zero-order valence-electron chi connectivity index (χ0n) is 12.4. The molecule has 0 bridgehead atoms. The van der Waals surface area contributed by atoms with Crippen LogP contribution in [0.25, 0.3) is 0 Å². The van der Waals surface area contributed by atoms with E-state index < -0.39 is 5.97 Å². The van der Waals surface area contributed by atoms with E-state index in [2.05, 4.69) is 16.8 Å². The molecule has 1 aromatic heterocycles. The zero-order valence-corrected chi connectivity index (χ0v) is 12.4. The lowest BCUT2D eigenvalue weighted by Crippen LogP contribution is -2.36. The van der Waals surface area contributed by atoms with Crippen molar-refractivity contribution in [3.63, 3.8) is 0 Å². The summed E-state index contributed by atoms with van der Waals surface area (Å²) in [6.45, 7) is 2.29. The number of pyridine rings is 1. The molecule has 5 heteroatoms. The second-order valence-electron chi connectivity index (χ2n) is 5.61. The van der Waals surface area contributed by atoms with Crippen molar-refractivity contribution < 1.29 is 9.53 Å². The minimum absolute atomic E-state index is 0.383. The van der Waals surface area contributed by atoms with Gasteiger partial charge in [0.25, 0.3) is 0 Å². The van der Waals surface area contributed by atoms with Crippen LogP contribution < -0.4 is 10.6 Å². The monoisotopic (exact) mass is 277 g/mol. The Morgan fingerprint density at radius 2 is 2.05 bits per heavy atom. The summed E-state index contributed by atoms with van der Waals surface area (Å²) in [5.41, 5.74) is 6.88. The highest BCUT2D eigenvalue weighted by Gasteiger charge is 2.25. The molecule has 1 saturated carbocycles. The van der Waals surface area contributed by atoms with Gasteiger partial charge in [-0.1, -0.05) is 6.92 Å². The lowest BCUT2D eigenvalue weighted by Gasteiger charge is -2.35. The van der Waals surface area contributed by atoms with Gasteiger partial charge in [0.2, 0.25) is 0 Å². The Morgan fingerprint density at radius 3 is 2.65 bits per heavy atom. The van der Waals surface area contributed by atoms with Crippen LogP contribution in [0.15, 0.2) is 12.3 Å². The van der Waals surface area contributed by atoms with Crippen LogP contribution in [0.1, 0.15) is 43.0 Å². The first-order chi connectivity index (χ1) is 9.54. The van der Waals surface area contributed by atoms with Gasteiger partial charge < -0.3 is 15.4 Å². The van der Waals surface area contributed by atoms with Gasteiger partial charge in [0.1, 0.15) is 0 Å². The summed E-state index contributed by atoms with van der Waals surface area (Å²) in [5, 5.41) is 0. The van der Waals surface area contributed by atoms with Gasteiger partial charge in [-0.25, -0.2) is 9.78 Å². The van der Waals surface area contributed by atoms with Crippen LogP contribution in [0.2, 0.25) is 0 Å². The topological polar surface area (TPSA) is 68.5 Å². The number of hydrogen-bond donors (Lipinski definition) is 1. The van der Waals surface area contributed by atoms with Crippen LogP contribution in [0, 0.1) is 5.92 Å². The number of carbonyl (C=O) groups is 1. The Hall–Kier alpha value is -1.78. The van der Waals surface area contributed by atoms with Crippen LogP contribution in [0.4, 0.5) is 11.5 Å². The molecule has 1 aliphatic rings. The molecule has 0 saturated heterocycles. The molecule has 0 radical (unpaired) electrons. The van der Waals surface area contributed by atoms with Gasteiger partial charge in [-0.15, -0.1) is 0 Å². The predicted octanol–water partition coefficient (Wildman–Crippen LogP) is 2.47. The zero-order chi connectivity index (χ0) is 14.7. The lowest BCUT2D eigenvalue weighted by atomic mass is 9.87. The number of rotatable bonds is 3. The summed E-state index contributed by atoms with van der Waals surface area (Å²) in [6.07, 6.45) is 6.35. The number of aromatic nitrogens is 1. The van der Waals surface area contributed by atoms with E-state index in [1.54, 1.807) is 12.3 Å². The molecule has 0 aromatic carbocycles. The van der Waals surface area contributed by atoms with Crippen molar-refractivity contribution in [3.8, 4) is 0 Å². The minimum atomic E-state index is -0.420. The van der Waals surface area contributed by atoms with Gasteiger partial charge in [0.15, 0.2) is 5.82 Å². The molecule has 0 aliphatic heterocycles. The van der Waals surface area contributed by atoms with Crippen molar-refractivity contribution in [2.24, 2.45) is 5.92 Å². The van der Waals surface area contributed by atoms with E-state index in [0.29, 0.717) is 23.1 Å². The Kier molecular flexibility index (Phi) is 4.47. The third-order valence-corrected chi connectivity index (χ3v) is 4.24. The lowest BCUT2D eigenvalue weighted by molar-refractivity contribution is 0.0602. The molecule has 1 heterocycles. The van der Waals surface area contributed by atoms with Crippen molar-refractivity contribution in [3.05, 3.63) is 17.8 Å². The van der Waals surface area contributed by atoms with E-state index in [1.807, 2.05) is 7.05 Å². The molecule has 1 fully saturated rings. The minimum Gasteiger partial charge on any atom is -0.465 e. The number of hydrogen-bond acceptors (Lipinski definition) is 5. The second kappa shape index (κ2) is 6.11. The van der Waals surface area contributed by atoms with E-state index in [9.17, 15) is 4.79 Å². The van der Waals surface area contributed by atoms with Crippen molar-refractivity contribution in [2.75, 3.05) is 24.8 Å². The molecular weight excluding hydrogens is 254 g/mol. The maximum atomic E-state index is 11.7. The molecule has 5 nitrogen and oxygen atoms in total. The van der Waals surface area contributed by atoms with Crippen molar-refractivity contribution in [1.29, 1.82) is 0 Å². The van der Waals surface area contributed by atoms with E-state index in [4.69, 9.17) is 10.5 Å². The number of methoxy groups -OCH3 is 1. The first kappa shape index (κ1) is 14.6. The summed E-state index contributed by atoms with van der Waals surface area (Å²) >= 11 is 0. The maximum absolute atomic E-state index is 11.7. The quantitative estimate of drug-likeness (QED) is 0.860. The van der Waals surface area contributed by atoms with Gasteiger partial charge >= 0.3 is 5.97 Å². The Bertz CT molecular complexity index is 482. The summed E-state index contributed by atoms with van der Waals surface area (Å²) in [6, 6.07) is 2.04. The Balaban J connectivity index is 2.22. The second-order valence-corrected chi connectivity index (χ2v) is 5.61. The van der Waals surface area contributed by atoms with Gasteiger partial charge in [-0.2, -0.15) is 0 Å². The summed E-state index contributed by atoms with van der Waals surface area (Å²) < 4.78 is 4.75. The van der Waals surface area contributed by atoms with Gasteiger partial charge in [0.05, 0.1) is 18.4 Å². The molecule has 2 rings (SSSR count). The molecule has 1 aromatic rings. The molecule has 20 heavy (non-hydrogen) atoms. The fourth-order valence-electron chi connectivity index (χ4n) is 2.83. The van der Waals surface area contributed by atoms with E-state index >= 15 is 0 Å². The van der Waals surface area contributed by atoms with Gasteiger partial charge in [-0.3, -0.25) is 0 Å².